The van der Waals surface area contributed by atoms with E-state index >= 15 is 0 Å². The van der Waals surface area contributed by atoms with Crippen molar-refractivity contribution in [1.29, 1.82) is 0 Å². The number of benzene rings is 1. The van der Waals surface area contributed by atoms with Gasteiger partial charge in [-0.25, -0.2) is 4.39 Å². The number of rotatable bonds is 4. The molecule has 2 rings (SSSR count). The number of halogens is 1. The maximum absolute atomic E-state index is 12.9. The van der Waals surface area contributed by atoms with Gasteiger partial charge in [0.15, 0.2) is 0 Å². The van der Waals surface area contributed by atoms with Crippen LogP contribution in [0.4, 0.5) is 9.39 Å². The van der Waals surface area contributed by atoms with Gasteiger partial charge in [0.05, 0.1) is 9.80 Å². The van der Waals surface area contributed by atoms with Crippen molar-refractivity contribution in [2.75, 3.05) is 0 Å². The fourth-order valence-electron chi connectivity index (χ4n) is 1.46. The van der Waals surface area contributed by atoms with Crippen molar-refractivity contribution in [2.45, 2.75) is 6.54 Å². The molecule has 98 valence electrons. The molecule has 0 unspecified atom stereocenters. The lowest BCUT2D eigenvalue weighted by Crippen LogP contribution is -2.21. The minimum Gasteiger partial charge on any atom is -0.347 e. The number of thiophene rings is 1. The van der Waals surface area contributed by atoms with Crippen molar-refractivity contribution < 1.29 is 14.1 Å². The van der Waals surface area contributed by atoms with E-state index in [0.29, 0.717) is 5.56 Å². The molecule has 0 radical (unpaired) electrons. The van der Waals surface area contributed by atoms with E-state index in [1.165, 1.54) is 24.3 Å². The summed E-state index contributed by atoms with van der Waals surface area (Å²) in [6.45, 7) is 0.169. The Morgan fingerprint density at radius 1 is 1.37 bits per heavy atom. The van der Waals surface area contributed by atoms with Gasteiger partial charge < -0.3 is 5.32 Å². The molecule has 1 aromatic carbocycles. The smallest absolute Gasteiger partial charge is 0.324 e. The van der Waals surface area contributed by atoms with Crippen LogP contribution in [0.2, 0.25) is 0 Å². The third-order valence-corrected chi connectivity index (χ3v) is 3.37. The van der Waals surface area contributed by atoms with Crippen LogP contribution < -0.4 is 5.32 Å². The van der Waals surface area contributed by atoms with Gasteiger partial charge in [0, 0.05) is 12.6 Å². The van der Waals surface area contributed by atoms with Gasteiger partial charge in [0.2, 0.25) is 0 Å². The van der Waals surface area contributed by atoms with Crippen LogP contribution in [0.15, 0.2) is 36.4 Å². The van der Waals surface area contributed by atoms with Crippen molar-refractivity contribution in [3.63, 3.8) is 0 Å². The number of nitrogens with zero attached hydrogens (tertiary/aromatic N) is 1. The Morgan fingerprint density at radius 3 is 2.79 bits per heavy atom. The summed E-state index contributed by atoms with van der Waals surface area (Å²) >= 11 is 0.802. The van der Waals surface area contributed by atoms with E-state index in [-0.39, 0.29) is 22.2 Å². The molecule has 0 atom stereocenters. The summed E-state index contributed by atoms with van der Waals surface area (Å²) in [5.41, 5.74) is 0.624. The van der Waals surface area contributed by atoms with Gasteiger partial charge in [-0.3, -0.25) is 14.9 Å². The number of nitrogens with one attached hydrogen (secondary N) is 1. The second kappa shape index (κ2) is 5.57. The Hall–Kier alpha value is -2.28. The monoisotopic (exact) mass is 280 g/mol. The van der Waals surface area contributed by atoms with Crippen molar-refractivity contribution in [2.24, 2.45) is 0 Å². The summed E-state index contributed by atoms with van der Waals surface area (Å²) < 4.78 is 12.9. The maximum Gasteiger partial charge on any atom is 0.324 e. The third-order valence-electron chi connectivity index (χ3n) is 2.34. The molecule has 1 aromatic heterocycles. The van der Waals surface area contributed by atoms with E-state index in [9.17, 15) is 19.3 Å². The van der Waals surface area contributed by atoms with Crippen LogP contribution in [-0.2, 0) is 6.54 Å². The van der Waals surface area contributed by atoms with E-state index in [1.54, 1.807) is 12.1 Å². The number of carbonyl (C=O) groups is 1. The Kier molecular flexibility index (Phi) is 3.86. The number of amides is 1. The van der Waals surface area contributed by atoms with Gasteiger partial charge in [0.1, 0.15) is 5.82 Å². The minimum atomic E-state index is -0.548. The van der Waals surface area contributed by atoms with Crippen LogP contribution in [0.5, 0.6) is 0 Å². The Morgan fingerprint density at radius 2 is 2.16 bits per heavy atom. The molecule has 19 heavy (non-hydrogen) atoms. The molecular weight excluding hydrogens is 271 g/mol. The molecule has 7 heteroatoms. The number of nitro groups is 1. The van der Waals surface area contributed by atoms with Gasteiger partial charge >= 0.3 is 5.00 Å². The average molecular weight is 280 g/mol. The highest BCUT2D eigenvalue weighted by Gasteiger charge is 2.14. The normalized spacial score (nSPS) is 10.2. The predicted octanol–water partition coefficient (Wildman–Crippen LogP) is 2.73. The molecule has 0 aliphatic heterocycles. The molecule has 0 spiro atoms. The molecule has 0 bridgehead atoms. The fraction of sp³-hybridized carbons (Fsp3) is 0.0833. The van der Waals surface area contributed by atoms with Crippen LogP contribution in [0.3, 0.4) is 0 Å². The molecular formula is C12H9FN2O3S. The molecule has 0 saturated carbocycles. The third kappa shape index (κ3) is 3.35. The summed E-state index contributed by atoms with van der Waals surface area (Å²) in [6.07, 6.45) is 0. The Bertz CT molecular complexity index is 627. The van der Waals surface area contributed by atoms with Crippen molar-refractivity contribution >= 4 is 22.2 Å². The first-order valence-electron chi connectivity index (χ1n) is 5.33. The van der Waals surface area contributed by atoms with Crippen LogP contribution in [0.25, 0.3) is 0 Å². The fourth-order valence-corrected chi connectivity index (χ4v) is 2.20. The van der Waals surface area contributed by atoms with Crippen molar-refractivity contribution in [3.8, 4) is 0 Å². The summed E-state index contributed by atoms with van der Waals surface area (Å²) in [5, 5.41) is 13.0. The zero-order chi connectivity index (χ0) is 13.8. The summed E-state index contributed by atoms with van der Waals surface area (Å²) in [7, 11) is 0. The Labute approximate surface area is 111 Å². The number of carbonyl (C=O) groups excluding carboxylic acids is 1. The first-order chi connectivity index (χ1) is 9.06. The average Bonchev–Trinajstić information content (AvgIpc) is 2.86. The van der Waals surface area contributed by atoms with Gasteiger partial charge in [0.25, 0.3) is 5.91 Å². The standard InChI is InChI=1S/C12H9FN2O3S/c13-9-3-1-2-8(6-9)7-14-12(16)10-4-5-11(19-10)15(17)18/h1-6H,7H2,(H,14,16). The molecule has 0 fully saturated rings. The first-order valence-corrected chi connectivity index (χ1v) is 6.15. The highest BCUT2D eigenvalue weighted by Crippen LogP contribution is 2.23. The van der Waals surface area contributed by atoms with Crippen LogP contribution in [0, 0.1) is 15.9 Å². The van der Waals surface area contributed by atoms with Gasteiger partial charge in [-0.2, -0.15) is 0 Å². The molecule has 1 N–H and O–H groups in total. The molecule has 1 heterocycles. The number of hydrogen-bond acceptors (Lipinski definition) is 4. The largest absolute Gasteiger partial charge is 0.347 e. The van der Waals surface area contributed by atoms with E-state index < -0.39 is 10.8 Å². The number of hydrogen-bond donors (Lipinski definition) is 1. The lowest BCUT2D eigenvalue weighted by molar-refractivity contribution is -0.380. The zero-order valence-electron chi connectivity index (χ0n) is 9.63. The van der Waals surface area contributed by atoms with Crippen LogP contribution >= 0.6 is 11.3 Å². The summed E-state index contributed by atoms with van der Waals surface area (Å²) in [6, 6.07) is 8.53. The Balaban J connectivity index is 1.99. The molecule has 1 amide bonds. The topological polar surface area (TPSA) is 72.2 Å². The van der Waals surface area contributed by atoms with E-state index in [2.05, 4.69) is 5.32 Å². The SMILES string of the molecule is O=C(NCc1cccc(F)c1)c1ccc([N+](=O)[O-])s1. The summed E-state index contributed by atoms with van der Waals surface area (Å²) in [5.74, 6) is -0.791. The van der Waals surface area contributed by atoms with Crippen LogP contribution in [-0.4, -0.2) is 10.8 Å². The summed E-state index contributed by atoms with van der Waals surface area (Å²) in [4.78, 5) is 21.9. The van der Waals surface area contributed by atoms with Crippen molar-refractivity contribution in [1.82, 2.24) is 5.32 Å². The zero-order valence-corrected chi connectivity index (χ0v) is 10.4. The van der Waals surface area contributed by atoms with Gasteiger partial charge in [-0.15, -0.1) is 0 Å². The molecule has 0 saturated heterocycles. The second-order valence-electron chi connectivity index (χ2n) is 3.71. The minimum absolute atomic E-state index is 0.0871. The van der Waals surface area contributed by atoms with Gasteiger partial charge in [-0.1, -0.05) is 23.5 Å². The van der Waals surface area contributed by atoms with E-state index in [4.69, 9.17) is 0 Å². The molecule has 2 aromatic rings. The van der Waals surface area contributed by atoms with Crippen molar-refractivity contribution in [3.05, 3.63) is 62.8 Å². The van der Waals surface area contributed by atoms with E-state index in [1.807, 2.05) is 0 Å². The molecule has 0 aliphatic rings. The quantitative estimate of drug-likeness (QED) is 0.691. The second-order valence-corrected chi connectivity index (χ2v) is 4.77. The lowest BCUT2D eigenvalue weighted by Gasteiger charge is -2.03. The van der Waals surface area contributed by atoms with Crippen LogP contribution in [0.1, 0.15) is 15.2 Å². The van der Waals surface area contributed by atoms with E-state index in [0.717, 1.165) is 11.3 Å². The predicted molar refractivity (Wildman–Crippen MR) is 68.5 cm³/mol. The highest BCUT2D eigenvalue weighted by molar-refractivity contribution is 7.17. The lowest BCUT2D eigenvalue weighted by atomic mass is 10.2. The van der Waals surface area contributed by atoms with Gasteiger partial charge in [-0.05, 0) is 23.8 Å². The first kappa shape index (κ1) is 13.2. The molecule has 0 aliphatic carbocycles. The maximum atomic E-state index is 12.9. The molecule has 5 nitrogen and oxygen atoms in total. The highest BCUT2D eigenvalue weighted by atomic mass is 32.1.